The highest BCUT2D eigenvalue weighted by Crippen LogP contribution is 2.20. The van der Waals surface area contributed by atoms with Crippen molar-refractivity contribution in [2.45, 2.75) is 19.5 Å². The second kappa shape index (κ2) is 5.29. The maximum atomic E-state index is 5.33. The van der Waals surface area contributed by atoms with Crippen LogP contribution in [-0.2, 0) is 6.54 Å². The van der Waals surface area contributed by atoms with Crippen LogP contribution < -0.4 is 5.32 Å². The highest BCUT2D eigenvalue weighted by atomic mass is 16.3. The lowest BCUT2D eigenvalue weighted by molar-refractivity contribution is 0.460. The summed E-state index contributed by atoms with van der Waals surface area (Å²) < 4.78 is 5.33. The van der Waals surface area contributed by atoms with Gasteiger partial charge in [0, 0.05) is 6.04 Å². The van der Waals surface area contributed by atoms with E-state index in [2.05, 4.69) is 54.7 Å². The number of rotatable bonds is 4. The summed E-state index contributed by atoms with van der Waals surface area (Å²) in [6.45, 7) is 2.92. The average Bonchev–Trinajstić information content (AvgIpc) is 2.97. The zero-order valence-corrected chi connectivity index (χ0v) is 11.0. The van der Waals surface area contributed by atoms with E-state index in [0.29, 0.717) is 6.04 Å². The Kier molecular flexibility index (Phi) is 3.34. The molecule has 0 aliphatic carbocycles. The minimum atomic E-state index is 0.301. The van der Waals surface area contributed by atoms with Gasteiger partial charge in [0.2, 0.25) is 0 Å². The topological polar surface area (TPSA) is 25.2 Å². The van der Waals surface area contributed by atoms with Crippen LogP contribution in [0.5, 0.6) is 0 Å². The normalized spacial score (nSPS) is 12.7. The quantitative estimate of drug-likeness (QED) is 0.748. The first-order valence-electron chi connectivity index (χ1n) is 6.57. The second-order valence-corrected chi connectivity index (χ2v) is 4.79. The number of benzene rings is 2. The predicted octanol–water partition coefficient (Wildman–Crippen LogP) is 4.28. The molecule has 0 spiro atoms. The van der Waals surface area contributed by atoms with Gasteiger partial charge in [0.1, 0.15) is 5.76 Å². The molecule has 3 aromatic rings. The summed E-state index contributed by atoms with van der Waals surface area (Å²) in [5.41, 5.74) is 1.30. The van der Waals surface area contributed by atoms with Crippen molar-refractivity contribution in [2.75, 3.05) is 0 Å². The molecule has 1 atom stereocenters. The van der Waals surface area contributed by atoms with Gasteiger partial charge in [-0.25, -0.2) is 0 Å². The second-order valence-electron chi connectivity index (χ2n) is 4.79. The zero-order valence-electron chi connectivity index (χ0n) is 11.0. The molecule has 0 aliphatic heterocycles. The van der Waals surface area contributed by atoms with Crippen LogP contribution in [0, 0.1) is 0 Å². The number of furan rings is 1. The van der Waals surface area contributed by atoms with Crippen molar-refractivity contribution >= 4 is 10.8 Å². The van der Waals surface area contributed by atoms with Gasteiger partial charge in [0.25, 0.3) is 0 Å². The Hall–Kier alpha value is -2.06. The average molecular weight is 251 g/mol. The molecule has 0 amide bonds. The Morgan fingerprint density at radius 3 is 2.63 bits per heavy atom. The smallest absolute Gasteiger partial charge is 0.117 e. The molecule has 1 heterocycles. The molecule has 0 fully saturated rings. The number of nitrogens with one attached hydrogen (secondary N) is 1. The molecule has 0 radical (unpaired) electrons. The van der Waals surface area contributed by atoms with Crippen LogP contribution in [-0.4, -0.2) is 0 Å². The Balaban J connectivity index is 1.75. The molecule has 0 saturated carbocycles. The molecular formula is C17H17NO. The number of hydrogen-bond donors (Lipinski definition) is 1. The molecule has 19 heavy (non-hydrogen) atoms. The molecule has 2 heteroatoms. The first kappa shape index (κ1) is 12.0. The van der Waals surface area contributed by atoms with Gasteiger partial charge in [-0.05, 0) is 41.5 Å². The molecule has 0 saturated heterocycles. The summed E-state index contributed by atoms with van der Waals surface area (Å²) in [4.78, 5) is 0. The summed E-state index contributed by atoms with van der Waals surface area (Å²) in [6, 6.07) is 19.2. The van der Waals surface area contributed by atoms with Gasteiger partial charge in [-0.3, -0.25) is 0 Å². The van der Waals surface area contributed by atoms with Gasteiger partial charge < -0.3 is 9.73 Å². The summed E-state index contributed by atoms with van der Waals surface area (Å²) >= 11 is 0. The van der Waals surface area contributed by atoms with Crippen LogP contribution in [0.15, 0.2) is 65.3 Å². The maximum Gasteiger partial charge on any atom is 0.117 e. The van der Waals surface area contributed by atoms with E-state index in [4.69, 9.17) is 4.42 Å². The summed E-state index contributed by atoms with van der Waals surface area (Å²) in [5, 5.41) is 6.04. The lowest BCUT2D eigenvalue weighted by atomic mass is 10.0. The van der Waals surface area contributed by atoms with Crippen LogP contribution in [0.25, 0.3) is 10.8 Å². The molecule has 1 unspecified atom stereocenters. The molecule has 3 rings (SSSR count). The van der Waals surface area contributed by atoms with E-state index in [1.54, 1.807) is 6.26 Å². The Bertz CT molecular complexity index is 658. The minimum absolute atomic E-state index is 0.301. The lowest BCUT2D eigenvalue weighted by Crippen LogP contribution is -2.17. The van der Waals surface area contributed by atoms with E-state index in [9.17, 15) is 0 Å². The molecule has 0 bridgehead atoms. The Labute approximate surface area is 113 Å². The summed E-state index contributed by atoms with van der Waals surface area (Å²) in [7, 11) is 0. The van der Waals surface area contributed by atoms with E-state index < -0.39 is 0 Å². The summed E-state index contributed by atoms with van der Waals surface area (Å²) in [5.74, 6) is 0.965. The van der Waals surface area contributed by atoms with Crippen molar-refractivity contribution in [3.8, 4) is 0 Å². The van der Waals surface area contributed by atoms with Crippen LogP contribution in [0.4, 0.5) is 0 Å². The van der Waals surface area contributed by atoms with Crippen molar-refractivity contribution in [1.82, 2.24) is 5.32 Å². The first-order valence-corrected chi connectivity index (χ1v) is 6.57. The third-order valence-electron chi connectivity index (χ3n) is 3.44. The third-order valence-corrected chi connectivity index (χ3v) is 3.44. The fraction of sp³-hybridized carbons (Fsp3) is 0.176. The van der Waals surface area contributed by atoms with Gasteiger partial charge in [0.05, 0.1) is 12.8 Å². The van der Waals surface area contributed by atoms with Crippen molar-refractivity contribution in [3.05, 3.63) is 72.2 Å². The molecule has 2 nitrogen and oxygen atoms in total. The molecule has 96 valence electrons. The van der Waals surface area contributed by atoms with Crippen molar-refractivity contribution in [3.63, 3.8) is 0 Å². The van der Waals surface area contributed by atoms with E-state index in [0.717, 1.165) is 12.3 Å². The van der Waals surface area contributed by atoms with Crippen LogP contribution in [0.3, 0.4) is 0 Å². The third kappa shape index (κ3) is 2.69. The maximum absolute atomic E-state index is 5.33. The largest absolute Gasteiger partial charge is 0.468 e. The van der Waals surface area contributed by atoms with E-state index in [1.165, 1.54) is 16.3 Å². The van der Waals surface area contributed by atoms with Crippen LogP contribution in [0.2, 0.25) is 0 Å². The van der Waals surface area contributed by atoms with Gasteiger partial charge >= 0.3 is 0 Å². The van der Waals surface area contributed by atoms with Gasteiger partial charge in [-0.2, -0.15) is 0 Å². The van der Waals surface area contributed by atoms with Crippen LogP contribution in [0.1, 0.15) is 24.3 Å². The minimum Gasteiger partial charge on any atom is -0.468 e. The predicted molar refractivity (Wildman–Crippen MR) is 77.9 cm³/mol. The van der Waals surface area contributed by atoms with E-state index >= 15 is 0 Å². The van der Waals surface area contributed by atoms with Gasteiger partial charge in [0.15, 0.2) is 0 Å². The van der Waals surface area contributed by atoms with E-state index in [1.807, 2.05) is 12.1 Å². The van der Waals surface area contributed by atoms with Crippen molar-refractivity contribution < 1.29 is 4.42 Å². The Morgan fingerprint density at radius 1 is 1.00 bits per heavy atom. The van der Waals surface area contributed by atoms with E-state index in [-0.39, 0.29) is 0 Å². The molecule has 1 aromatic heterocycles. The van der Waals surface area contributed by atoms with Crippen molar-refractivity contribution in [2.24, 2.45) is 0 Å². The molecule has 1 N–H and O–H groups in total. The summed E-state index contributed by atoms with van der Waals surface area (Å²) in [6.07, 6.45) is 1.71. The number of hydrogen-bond acceptors (Lipinski definition) is 2. The SMILES string of the molecule is CC(NCc1ccco1)c1ccc2ccccc2c1. The van der Waals surface area contributed by atoms with Crippen molar-refractivity contribution in [1.29, 1.82) is 0 Å². The standard InChI is InChI=1S/C17H17NO/c1-13(18-12-17-7-4-10-19-17)15-9-8-14-5-2-3-6-16(14)11-15/h2-11,13,18H,12H2,1H3. The van der Waals surface area contributed by atoms with Gasteiger partial charge in [-0.1, -0.05) is 36.4 Å². The fourth-order valence-corrected chi connectivity index (χ4v) is 2.26. The highest BCUT2D eigenvalue weighted by Gasteiger charge is 2.06. The molecule has 2 aromatic carbocycles. The molecular weight excluding hydrogens is 234 g/mol. The highest BCUT2D eigenvalue weighted by molar-refractivity contribution is 5.83. The monoisotopic (exact) mass is 251 g/mol. The molecule has 0 aliphatic rings. The van der Waals surface area contributed by atoms with Gasteiger partial charge in [-0.15, -0.1) is 0 Å². The first-order chi connectivity index (χ1) is 9.33. The number of fused-ring (bicyclic) bond motifs is 1. The lowest BCUT2D eigenvalue weighted by Gasteiger charge is -2.14. The van der Waals surface area contributed by atoms with Crippen LogP contribution >= 0.6 is 0 Å². The fourth-order valence-electron chi connectivity index (χ4n) is 2.26. The zero-order chi connectivity index (χ0) is 13.1. The Morgan fingerprint density at radius 2 is 1.84 bits per heavy atom.